The van der Waals surface area contributed by atoms with Gasteiger partial charge in [-0.05, 0) is 37.5 Å². The minimum absolute atomic E-state index is 0.00862. The molecule has 0 bridgehead atoms. The average molecular weight is 257 g/mol. The van der Waals surface area contributed by atoms with Gasteiger partial charge in [0.1, 0.15) is 0 Å². The molecule has 4 heteroatoms. The van der Waals surface area contributed by atoms with E-state index in [0.29, 0.717) is 17.8 Å². The number of rotatable bonds is 3. The molecular formula is C15H19N3O. The first-order chi connectivity index (χ1) is 9.11. The molecule has 1 aliphatic carbocycles. The summed E-state index contributed by atoms with van der Waals surface area (Å²) in [5.41, 5.74) is 7.60. The summed E-state index contributed by atoms with van der Waals surface area (Å²) in [6.45, 7) is 2.30. The van der Waals surface area contributed by atoms with Crippen LogP contribution in [-0.2, 0) is 4.79 Å². The van der Waals surface area contributed by atoms with E-state index in [1.807, 2.05) is 13.0 Å². The maximum absolute atomic E-state index is 12.4. The van der Waals surface area contributed by atoms with Crippen molar-refractivity contribution >= 4 is 11.6 Å². The third kappa shape index (κ3) is 2.61. The molecule has 0 atom stereocenters. The van der Waals surface area contributed by atoms with E-state index in [1.54, 1.807) is 12.1 Å². The van der Waals surface area contributed by atoms with E-state index < -0.39 is 5.41 Å². The largest absolute Gasteiger partial charge is 0.329 e. The quantitative estimate of drug-likeness (QED) is 0.872. The summed E-state index contributed by atoms with van der Waals surface area (Å²) in [6, 6.07) is 7.39. The predicted octanol–water partition coefficient (Wildman–Crippen LogP) is 2.32. The highest BCUT2D eigenvalue weighted by molar-refractivity contribution is 5.96. The van der Waals surface area contributed by atoms with Gasteiger partial charge in [0.05, 0.1) is 17.0 Å². The van der Waals surface area contributed by atoms with Crippen molar-refractivity contribution < 1.29 is 4.79 Å². The number of hydrogen-bond acceptors (Lipinski definition) is 3. The number of amides is 1. The van der Waals surface area contributed by atoms with Gasteiger partial charge in [-0.2, -0.15) is 5.26 Å². The molecule has 0 aliphatic heterocycles. The number of nitriles is 1. The van der Waals surface area contributed by atoms with Gasteiger partial charge < -0.3 is 11.1 Å². The minimum Gasteiger partial charge on any atom is -0.329 e. The Hall–Kier alpha value is -1.86. The number of hydrogen-bond donors (Lipinski definition) is 2. The van der Waals surface area contributed by atoms with Crippen LogP contribution in [0.5, 0.6) is 0 Å². The molecule has 19 heavy (non-hydrogen) atoms. The number of nitrogens with one attached hydrogen (secondary N) is 1. The van der Waals surface area contributed by atoms with Crippen LogP contribution in [0.4, 0.5) is 5.69 Å². The van der Waals surface area contributed by atoms with Crippen LogP contribution in [0, 0.1) is 23.7 Å². The van der Waals surface area contributed by atoms with Crippen LogP contribution in [0.15, 0.2) is 18.2 Å². The lowest BCUT2D eigenvalue weighted by molar-refractivity contribution is -0.124. The van der Waals surface area contributed by atoms with Gasteiger partial charge in [0.2, 0.25) is 5.91 Å². The van der Waals surface area contributed by atoms with Gasteiger partial charge in [0, 0.05) is 12.2 Å². The smallest absolute Gasteiger partial charge is 0.231 e. The summed E-state index contributed by atoms with van der Waals surface area (Å²) in [5.74, 6) is -0.00862. The fourth-order valence-electron chi connectivity index (χ4n) is 2.66. The number of nitrogens with two attached hydrogens (primary N) is 1. The van der Waals surface area contributed by atoms with Crippen LogP contribution in [0.2, 0.25) is 0 Å². The Morgan fingerprint density at radius 1 is 1.47 bits per heavy atom. The maximum Gasteiger partial charge on any atom is 0.231 e. The van der Waals surface area contributed by atoms with E-state index in [1.165, 1.54) is 0 Å². The Kier molecular flexibility index (Phi) is 3.87. The number of carbonyl (C=O) groups excluding carboxylic acids is 1. The first-order valence-electron chi connectivity index (χ1n) is 6.63. The van der Waals surface area contributed by atoms with Crippen LogP contribution >= 0.6 is 0 Å². The molecule has 4 nitrogen and oxygen atoms in total. The van der Waals surface area contributed by atoms with Crippen LogP contribution < -0.4 is 11.1 Å². The molecule has 0 aromatic heterocycles. The zero-order chi connectivity index (χ0) is 13.9. The highest BCUT2D eigenvalue weighted by atomic mass is 16.2. The average Bonchev–Trinajstić information content (AvgIpc) is 2.91. The van der Waals surface area contributed by atoms with E-state index >= 15 is 0 Å². The first-order valence-corrected chi connectivity index (χ1v) is 6.63. The molecule has 1 aromatic rings. The van der Waals surface area contributed by atoms with Crippen molar-refractivity contribution in [3.05, 3.63) is 29.3 Å². The summed E-state index contributed by atoms with van der Waals surface area (Å²) in [5, 5.41) is 11.9. The molecule has 0 saturated heterocycles. The fraction of sp³-hybridized carbons (Fsp3) is 0.467. The molecule has 1 aromatic carbocycles. The van der Waals surface area contributed by atoms with Gasteiger partial charge in [-0.3, -0.25) is 4.79 Å². The Morgan fingerprint density at radius 3 is 2.74 bits per heavy atom. The molecule has 1 aliphatic rings. The van der Waals surface area contributed by atoms with Crippen molar-refractivity contribution in [2.24, 2.45) is 11.1 Å². The molecule has 0 spiro atoms. The lowest BCUT2D eigenvalue weighted by Crippen LogP contribution is -2.40. The third-order valence-corrected chi connectivity index (χ3v) is 4.05. The Morgan fingerprint density at radius 2 is 2.16 bits per heavy atom. The Labute approximate surface area is 113 Å². The summed E-state index contributed by atoms with van der Waals surface area (Å²) < 4.78 is 0. The van der Waals surface area contributed by atoms with Gasteiger partial charge in [-0.15, -0.1) is 0 Å². The van der Waals surface area contributed by atoms with Crippen LogP contribution in [0.1, 0.15) is 36.8 Å². The second kappa shape index (κ2) is 5.41. The molecule has 0 radical (unpaired) electrons. The van der Waals surface area contributed by atoms with Gasteiger partial charge in [0.25, 0.3) is 0 Å². The van der Waals surface area contributed by atoms with Crippen molar-refractivity contribution in [1.29, 1.82) is 5.26 Å². The standard InChI is InChI=1S/C15H19N3O/c1-11-4-5-12(9-16)8-13(11)18-14(19)15(10-17)6-2-3-7-15/h4-5,8H,2-3,6-7,10,17H2,1H3,(H,18,19). The SMILES string of the molecule is Cc1ccc(C#N)cc1NC(=O)C1(CN)CCCC1. The van der Waals surface area contributed by atoms with Crippen molar-refractivity contribution in [2.75, 3.05) is 11.9 Å². The first kappa shape index (κ1) is 13.6. The van der Waals surface area contributed by atoms with Gasteiger partial charge in [0.15, 0.2) is 0 Å². The number of nitrogens with zero attached hydrogens (tertiary/aromatic N) is 1. The maximum atomic E-state index is 12.4. The van der Waals surface area contributed by atoms with Crippen molar-refractivity contribution in [2.45, 2.75) is 32.6 Å². The summed E-state index contributed by atoms with van der Waals surface area (Å²) in [4.78, 5) is 12.4. The van der Waals surface area contributed by atoms with E-state index in [9.17, 15) is 4.79 Å². The van der Waals surface area contributed by atoms with E-state index in [-0.39, 0.29) is 5.91 Å². The van der Waals surface area contributed by atoms with Gasteiger partial charge in [-0.25, -0.2) is 0 Å². The number of carbonyl (C=O) groups is 1. The zero-order valence-electron chi connectivity index (χ0n) is 11.2. The molecular weight excluding hydrogens is 238 g/mol. The van der Waals surface area contributed by atoms with Gasteiger partial charge in [-0.1, -0.05) is 18.9 Å². The minimum atomic E-state index is -0.422. The Balaban J connectivity index is 2.21. The lowest BCUT2D eigenvalue weighted by Gasteiger charge is -2.26. The number of aryl methyl sites for hydroxylation is 1. The highest BCUT2D eigenvalue weighted by Gasteiger charge is 2.39. The monoisotopic (exact) mass is 257 g/mol. The topological polar surface area (TPSA) is 78.9 Å². The molecule has 0 heterocycles. The second-order valence-corrected chi connectivity index (χ2v) is 5.29. The van der Waals surface area contributed by atoms with E-state index in [4.69, 9.17) is 11.0 Å². The summed E-state index contributed by atoms with van der Waals surface area (Å²) >= 11 is 0. The van der Waals surface area contributed by atoms with Crippen LogP contribution in [-0.4, -0.2) is 12.5 Å². The summed E-state index contributed by atoms with van der Waals surface area (Å²) in [6.07, 6.45) is 3.82. The Bertz CT molecular complexity index is 525. The molecule has 2 rings (SSSR count). The molecule has 0 unspecified atom stereocenters. The third-order valence-electron chi connectivity index (χ3n) is 4.05. The molecule has 3 N–H and O–H groups in total. The van der Waals surface area contributed by atoms with Gasteiger partial charge >= 0.3 is 0 Å². The second-order valence-electron chi connectivity index (χ2n) is 5.29. The van der Waals surface area contributed by atoms with Crippen molar-refractivity contribution in [3.8, 4) is 6.07 Å². The lowest BCUT2D eigenvalue weighted by atomic mass is 9.85. The van der Waals surface area contributed by atoms with Crippen molar-refractivity contribution in [3.63, 3.8) is 0 Å². The fourth-order valence-corrected chi connectivity index (χ4v) is 2.66. The zero-order valence-corrected chi connectivity index (χ0v) is 11.2. The molecule has 100 valence electrons. The number of benzene rings is 1. The molecule has 1 amide bonds. The molecule has 1 saturated carbocycles. The van der Waals surface area contributed by atoms with Crippen LogP contribution in [0.3, 0.4) is 0 Å². The normalized spacial score (nSPS) is 16.9. The summed E-state index contributed by atoms with van der Waals surface area (Å²) in [7, 11) is 0. The predicted molar refractivity (Wildman–Crippen MR) is 74.5 cm³/mol. The number of anilines is 1. The van der Waals surface area contributed by atoms with Crippen LogP contribution in [0.25, 0.3) is 0 Å². The molecule has 1 fully saturated rings. The van der Waals surface area contributed by atoms with E-state index in [2.05, 4.69) is 11.4 Å². The van der Waals surface area contributed by atoms with E-state index in [0.717, 1.165) is 31.2 Å². The highest BCUT2D eigenvalue weighted by Crippen LogP contribution is 2.38. The van der Waals surface area contributed by atoms with Crippen molar-refractivity contribution in [1.82, 2.24) is 0 Å².